The predicted octanol–water partition coefficient (Wildman–Crippen LogP) is 1.16. The van der Waals surface area contributed by atoms with Crippen LogP contribution in [-0.4, -0.2) is 39.5 Å². The molecule has 2 aromatic rings. The van der Waals surface area contributed by atoms with Crippen molar-refractivity contribution in [1.82, 2.24) is 9.88 Å². The molecule has 0 saturated heterocycles. The molecule has 2 N–H and O–H groups in total. The Hall–Kier alpha value is -2.12. The molecule has 2 aliphatic rings. The van der Waals surface area contributed by atoms with Crippen molar-refractivity contribution in [2.75, 3.05) is 6.54 Å². The minimum Gasteiger partial charge on any atom is -0.445 e. The number of fused-ring (bicyclic) bond motifs is 1. The van der Waals surface area contributed by atoms with E-state index in [1.54, 1.807) is 11.1 Å². The third kappa shape index (κ3) is 2.13. The average molecular weight is 298 g/mol. The molecular formula is C15H15BN2O4. The van der Waals surface area contributed by atoms with Gasteiger partial charge in [0.15, 0.2) is 0 Å². The number of rotatable bonds is 4. The first kappa shape index (κ1) is 13.5. The fourth-order valence-electron chi connectivity index (χ4n) is 3.22. The van der Waals surface area contributed by atoms with Crippen molar-refractivity contribution < 1.29 is 19.3 Å². The Kier molecular flexibility index (Phi) is 3.06. The van der Waals surface area contributed by atoms with Gasteiger partial charge < -0.3 is 19.4 Å². The van der Waals surface area contributed by atoms with E-state index in [2.05, 4.69) is 4.98 Å². The van der Waals surface area contributed by atoms with Crippen LogP contribution in [0.25, 0.3) is 11.5 Å². The molecule has 6 nitrogen and oxygen atoms in total. The van der Waals surface area contributed by atoms with Crippen molar-refractivity contribution in [2.24, 2.45) is 5.92 Å². The number of amides is 1. The predicted molar refractivity (Wildman–Crippen MR) is 78.7 cm³/mol. The number of hydrogen-bond donors (Lipinski definition) is 2. The second-order valence-corrected chi connectivity index (χ2v) is 5.93. The number of carbonyl (C=O) groups is 1. The van der Waals surface area contributed by atoms with E-state index in [1.807, 2.05) is 18.2 Å². The number of aromatic nitrogens is 1. The lowest BCUT2D eigenvalue weighted by atomic mass is 9.82. The third-order valence-electron chi connectivity index (χ3n) is 4.52. The molecule has 0 bridgehead atoms. The Morgan fingerprint density at radius 3 is 2.86 bits per heavy atom. The largest absolute Gasteiger partial charge is 0.455 e. The topological polar surface area (TPSA) is 86.8 Å². The minimum atomic E-state index is -1.28. The van der Waals surface area contributed by atoms with E-state index < -0.39 is 7.12 Å². The Balaban J connectivity index is 1.58. The number of nitrogens with zero attached hydrogens (tertiary/aromatic N) is 2. The van der Waals surface area contributed by atoms with E-state index in [0.29, 0.717) is 24.5 Å². The first-order valence-corrected chi connectivity index (χ1v) is 7.32. The maximum absolute atomic E-state index is 12.5. The molecule has 1 aromatic heterocycles. The smallest absolute Gasteiger partial charge is 0.445 e. The molecule has 1 fully saturated rings. The van der Waals surface area contributed by atoms with E-state index in [-0.39, 0.29) is 17.6 Å². The molecule has 1 aliphatic carbocycles. The lowest BCUT2D eigenvalue weighted by Crippen LogP contribution is -2.27. The molecule has 4 rings (SSSR count). The molecule has 7 heteroatoms. The number of benzene rings is 1. The third-order valence-corrected chi connectivity index (χ3v) is 4.52. The molecule has 22 heavy (non-hydrogen) atoms. The van der Waals surface area contributed by atoms with Gasteiger partial charge in [-0.2, -0.15) is 0 Å². The molecule has 0 spiro atoms. The second kappa shape index (κ2) is 4.96. The van der Waals surface area contributed by atoms with E-state index in [0.717, 1.165) is 17.5 Å². The van der Waals surface area contributed by atoms with Crippen LogP contribution in [0, 0.1) is 5.92 Å². The van der Waals surface area contributed by atoms with Gasteiger partial charge in [-0.25, -0.2) is 4.98 Å². The van der Waals surface area contributed by atoms with E-state index in [9.17, 15) is 14.8 Å². The van der Waals surface area contributed by atoms with Crippen molar-refractivity contribution in [3.63, 3.8) is 0 Å². The van der Waals surface area contributed by atoms with Crippen LogP contribution < -0.4 is 0 Å². The summed E-state index contributed by atoms with van der Waals surface area (Å²) >= 11 is 0. The summed E-state index contributed by atoms with van der Waals surface area (Å²) < 4.78 is 5.35. The molecular weight excluding hydrogens is 283 g/mol. The van der Waals surface area contributed by atoms with Crippen LogP contribution in [0.4, 0.5) is 0 Å². The number of oxazole rings is 1. The van der Waals surface area contributed by atoms with Gasteiger partial charge >= 0.3 is 7.12 Å². The molecule has 0 radical (unpaired) electrons. The lowest BCUT2D eigenvalue weighted by Gasteiger charge is -2.15. The molecule has 1 aliphatic heterocycles. The Morgan fingerprint density at radius 1 is 1.36 bits per heavy atom. The van der Waals surface area contributed by atoms with Crippen molar-refractivity contribution in [3.8, 4) is 11.5 Å². The van der Waals surface area contributed by atoms with Crippen molar-refractivity contribution in [3.05, 3.63) is 41.8 Å². The highest BCUT2D eigenvalue weighted by Crippen LogP contribution is 2.47. The fourth-order valence-corrected chi connectivity index (χ4v) is 3.22. The zero-order chi connectivity index (χ0) is 15.3. The van der Waals surface area contributed by atoms with Gasteiger partial charge in [-0.15, -0.1) is 0 Å². The SMILES string of the molecule is O=C1c2cccc(-c3ncco3)c2CN1C[C@@H]1C[C@H]1B(O)O. The van der Waals surface area contributed by atoms with E-state index in [1.165, 1.54) is 6.26 Å². The standard InChI is InChI=1S/C15H15BN2O4/c19-15-11-3-1-2-10(14-17-4-5-22-14)12(11)8-18(15)7-9-6-13(9)16(20)21/h1-5,9,13,20-21H,6-8H2/t9-,13+/m0/s1. The summed E-state index contributed by atoms with van der Waals surface area (Å²) in [6.07, 6.45) is 3.85. The van der Waals surface area contributed by atoms with Crippen molar-refractivity contribution in [2.45, 2.75) is 18.8 Å². The summed E-state index contributed by atoms with van der Waals surface area (Å²) in [7, 11) is -1.28. The van der Waals surface area contributed by atoms with Crippen LogP contribution in [0.1, 0.15) is 22.3 Å². The molecule has 1 aromatic carbocycles. The summed E-state index contributed by atoms with van der Waals surface area (Å²) in [5.41, 5.74) is 2.45. The molecule has 1 saturated carbocycles. The minimum absolute atomic E-state index is 0.0125. The van der Waals surface area contributed by atoms with Gasteiger partial charge in [0.2, 0.25) is 5.89 Å². The van der Waals surface area contributed by atoms with E-state index >= 15 is 0 Å². The summed E-state index contributed by atoms with van der Waals surface area (Å²) in [6, 6.07) is 5.55. The van der Waals surface area contributed by atoms with E-state index in [4.69, 9.17) is 4.42 Å². The highest BCUT2D eigenvalue weighted by Gasteiger charge is 2.47. The lowest BCUT2D eigenvalue weighted by molar-refractivity contribution is 0.0770. The molecule has 2 heterocycles. The Bertz CT molecular complexity index is 716. The van der Waals surface area contributed by atoms with Gasteiger partial charge in [0.25, 0.3) is 5.91 Å². The van der Waals surface area contributed by atoms with Crippen LogP contribution in [0.5, 0.6) is 0 Å². The molecule has 112 valence electrons. The van der Waals surface area contributed by atoms with Gasteiger partial charge in [0, 0.05) is 24.2 Å². The van der Waals surface area contributed by atoms with Gasteiger partial charge in [0.05, 0.1) is 6.20 Å². The van der Waals surface area contributed by atoms with Gasteiger partial charge in [-0.3, -0.25) is 4.79 Å². The molecule has 2 atom stereocenters. The molecule has 0 unspecified atom stereocenters. The fraction of sp³-hybridized carbons (Fsp3) is 0.333. The van der Waals surface area contributed by atoms with Crippen LogP contribution >= 0.6 is 0 Å². The number of carbonyl (C=O) groups excluding carboxylic acids is 1. The Morgan fingerprint density at radius 2 is 2.18 bits per heavy atom. The van der Waals surface area contributed by atoms with Crippen LogP contribution in [-0.2, 0) is 6.54 Å². The highest BCUT2D eigenvalue weighted by atomic mass is 16.4. The van der Waals surface area contributed by atoms with Crippen molar-refractivity contribution >= 4 is 13.0 Å². The molecule has 1 amide bonds. The normalized spacial score (nSPS) is 22.8. The van der Waals surface area contributed by atoms with Crippen LogP contribution in [0.3, 0.4) is 0 Å². The highest BCUT2D eigenvalue weighted by molar-refractivity contribution is 6.44. The first-order chi connectivity index (χ1) is 10.6. The van der Waals surface area contributed by atoms with Gasteiger partial charge in [-0.1, -0.05) is 6.07 Å². The number of hydrogen-bond acceptors (Lipinski definition) is 5. The van der Waals surface area contributed by atoms with Crippen LogP contribution in [0.2, 0.25) is 5.82 Å². The summed E-state index contributed by atoms with van der Waals surface area (Å²) in [4.78, 5) is 18.4. The Labute approximate surface area is 127 Å². The zero-order valence-electron chi connectivity index (χ0n) is 11.8. The first-order valence-electron chi connectivity index (χ1n) is 7.32. The summed E-state index contributed by atoms with van der Waals surface area (Å²) in [6.45, 7) is 1.07. The summed E-state index contributed by atoms with van der Waals surface area (Å²) in [5, 5.41) is 18.4. The zero-order valence-corrected chi connectivity index (χ0v) is 11.8. The monoisotopic (exact) mass is 298 g/mol. The maximum Gasteiger partial charge on any atom is 0.455 e. The second-order valence-electron chi connectivity index (χ2n) is 5.93. The van der Waals surface area contributed by atoms with Gasteiger partial charge in [0.1, 0.15) is 6.26 Å². The van der Waals surface area contributed by atoms with Crippen LogP contribution in [0.15, 0.2) is 35.1 Å². The maximum atomic E-state index is 12.5. The quantitative estimate of drug-likeness (QED) is 0.827. The summed E-state index contributed by atoms with van der Waals surface area (Å²) in [5.74, 6) is 0.564. The average Bonchev–Trinajstić information content (AvgIpc) is 2.93. The van der Waals surface area contributed by atoms with Gasteiger partial charge in [-0.05, 0) is 35.9 Å². The van der Waals surface area contributed by atoms with Crippen molar-refractivity contribution in [1.29, 1.82) is 0 Å².